The zero-order valence-electron chi connectivity index (χ0n) is 19.1. The number of H-pyrrole nitrogens is 1. The van der Waals surface area contributed by atoms with Crippen molar-refractivity contribution in [1.29, 1.82) is 0 Å². The molecule has 172 valence electrons. The van der Waals surface area contributed by atoms with Crippen LogP contribution in [-0.2, 0) is 29.0 Å². The number of hydrogen-bond acceptors (Lipinski definition) is 4. The fourth-order valence-corrected chi connectivity index (χ4v) is 5.09. The van der Waals surface area contributed by atoms with E-state index in [0.717, 1.165) is 41.8 Å². The van der Waals surface area contributed by atoms with Crippen molar-refractivity contribution in [2.24, 2.45) is 0 Å². The van der Waals surface area contributed by atoms with E-state index < -0.39 is 0 Å². The predicted molar refractivity (Wildman–Crippen MR) is 124 cm³/mol. The molecule has 0 aliphatic carbocycles. The molecule has 1 atom stereocenters. The van der Waals surface area contributed by atoms with Crippen LogP contribution in [-0.4, -0.2) is 49.3 Å². The van der Waals surface area contributed by atoms with Crippen LogP contribution in [0.15, 0.2) is 35.1 Å². The molecule has 1 aromatic carbocycles. The summed E-state index contributed by atoms with van der Waals surface area (Å²) in [5.41, 5.74) is 4.73. The molecule has 8 nitrogen and oxygen atoms in total. The predicted octanol–water partition coefficient (Wildman–Crippen LogP) is 2.53. The Labute approximate surface area is 192 Å². The first-order chi connectivity index (χ1) is 15.9. The fourth-order valence-electron chi connectivity index (χ4n) is 5.09. The van der Waals surface area contributed by atoms with E-state index in [4.69, 9.17) is 4.98 Å². The number of aromatic amines is 1. The minimum Gasteiger partial charge on any atom is -0.338 e. The van der Waals surface area contributed by atoms with Gasteiger partial charge in [0.1, 0.15) is 0 Å². The van der Waals surface area contributed by atoms with Gasteiger partial charge in [-0.15, -0.1) is 0 Å². The number of aryl methyl sites for hydroxylation is 1. The van der Waals surface area contributed by atoms with Crippen LogP contribution in [0.2, 0.25) is 0 Å². The lowest BCUT2D eigenvalue weighted by Gasteiger charge is -2.35. The number of likely N-dealkylation sites (tertiary alicyclic amines) is 1. The van der Waals surface area contributed by atoms with Crippen molar-refractivity contribution >= 4 is 17.5 Å². The summed E-state index contributed by atoms with van der Waals surface area (Å²) in [6.45, 7) is 5.12. The molecule has 1 N–H and O–H groups in total. The van der Waals surface area contributed by atoms with Crippen molar-refractivity contribution in [1.82, 2.24) is 24.4 Å². The van der Waals surface area contributed by atoms with Crippen molar-refractivity contribution in [2.75, 3.05) is 13.1 Å². The van der Waals surface area contributed by atoms with Crippen LogP contribution in [0.4, 0.5) is 0 Å². The molecular weight excluding hydrogens is 418 g/mol. The molecule has 2 aliphatic rings. The molecule has 0 saturated carbocycles. The lowest BCUT2D eigenvalue weighted by molar-refractivity contribution is -0.134. The minimum absolute atomic E-state index is 0.0395. The van der Waals surface area contributed by atoms with Crippen molar-refractivity contribution in [3.63, 3.8) is 0 Å². The smallest absolute Gasteiger partial charge is 0.277 e. The van der Waals surface area contributed by atoms with E-state index in [-0.39, 0.29) is 23.4 Å². The third-order valence-corrected chi connectivity index (χ3v) is 6.85. The van der Waals surface area contributed by atoms with E-state index in [2.05, 4.69) is 11.2 Å². The summed E-state index contributed by atoms with van der Waals surface area (Å²) >= 11 is 0. The molecule has 2 aromatic heterocycles. The Kier molecular flexibility index (Phi) is 5.52. The monoisotopic (exact) mass is 447 g/mol. The van der Waals surface area contributed by atoms with E-state index in [1.165, 1.54) is 11.4 Å². The van der Waals surface area contributed by atoms with Gasteiger partial charge in [0.15, 0.2) is 5.65 Å². The molecule has 1 fully saturated rings. The normalized spacial score (nSPS) is 18.4. The Balaban J connectivity index is 1.45. The highest BCUT2D eigenvalue weighted by molar-refractivity contribution is 5.79. The van der Waals surface area contributed by atoms with E-state index in [0.29, 0.717) is 43.7 Å². The summed E-state index contributed by atoms with van der Waals surface area (Å²) in [6, 6.07) is 9.85. The number of nitrogens with zero attached hydrogens (tertiary/aromatic N) is 4. The van der Waals surface area contributed by atoms with Gasteiger partial charge >= 0.3 is 0 Å². The largest absolute Gasteiger partial charge is 0.338 e. The van der Waals surface area contributed by atoms with Gasteiger partial charge in [-0.3, -0.25) is 19.5 Å². The number of fused-ring (bicyclic) bond motifs is 2. The van der Waals surface area contributed by atoms with Crippen LogP contribution in [0, 0.1) is 6.92 Å². The minimum atomic E-state index is -0.166. The number of benzene rings is 1. The maximum absolute atomic E-state index is 13.2. The third-order valence-electron chi connectivity index (χ3n) is 6.85. The van der Waals surface area contributed by atoms with Gasteiger partial charge in [-0.1, -0.05) is 29.8 Å². The van der Waals surface area contributed by atoms with Crippen molar-refractivity contribution in [2.45, 2.75) is 58.5 Å². The van der Waals surface area contributed by atoms with Gasteiger partial charge in [0, 0.05) is 32.5 Å². The summed E-state index contributed by atoms with van der Waals surface area (Å²) < 4.78 is 1.47. The zero-order chi connectivity index (χ0) is 23.1. The van der Waals surface area contributed by atoms with Crippen LogP contribution in [0.3, 0.4) is 0 Å². The molecular formula is C25H29N5O3. The highest BCUT2D eigenvalue weighted by Crippen LogP contribution is 2.31. The maximum atomic E-state index is 13.2. The summed E-state index contributed by atoms with van der Waals surface area (Å²) in [6.07, 6.45) is 3.79. The molecule has 1 saturated heterocycles. The summed E-state index contributed by atoms with van der Waals surface area (Å²) in [5, 5.41) is 3.23. The van der Waals surface area contributed by atoms with Gasteiger partial charge in [0.25, 0.3) is 5.56 Å². The van der Waals surface area contributed by atoms with Crippen molar-refractivity contribution < 1.29 is 9.59 Å². The first-order valence-electron chi connectivity index (χ1n) is 11.6. The summed E-state index contributed by atoms with van der Waals surface area (Å²) in [7, 11) is 0. The zero-order valence-corrected chi connectivity index (χ0v) is 19.1. The Morgan fingerprint density at radius 2 is 2.03 bits per heavy atom. The Morgan fingerprint density at radius 3 is 2.82 bits per heavy atom. The van der Waals surface area contributed by atoms with E-state index in [1.807, 2.05) is 36.1 Å². The molecule has 0 unspecified atom stereocenters. The molecule has 5 rings (SSSR count). The summed E-state index contributed by atoms with van der Waals surface area (Å²) in [5.74, 6) is 0.0583. The molecule has 0 bridgehead atoms. The molecule has 3 aromatic rings. The molecule has 8 heteroatoms. The Hall–Kier alpha value is -3.42. The van der Waals surface area contributed by atoms with Gasteiger partial charge in [-0.05, 0) is 31.7 Å². The average Bonchev–Trinajstić information content (AvgIpc) is 3.23. The van der Waals surface area contributed by atoms with Gasteiger partial charge in [-0.2, -0.15) is 0 Å². The van der Waals surface area contributed by atoms with Crippen molar-refractivity contribution in [3.05, 3.63) is 68.8 Å². The highest BCUT2D eigenvalue weighted by atomic mass is 16.2. The topological polar surface area (TPSA) is 90.8 Å². The van der Waals surface area contributed by atoms with E-state index >= 15 is 0 Å². The standard InChI is InChI=1S/C25H29N5O3/c1-16-6-5-7-18(12-16)13-24(32)29-10-4-3-8-22(29)21-14-23-26-20-9-11-28(17(2)31)15-19(20)25(33)30(23)27-21/h5-7,12,14,22,27H,3-4,8-11,13,15H2,1-2H3/t22-/m1/s1. The number of carbonyl (C=O) groups excluding carboxylic acids is 2. The van der Waals surface area contributed by atoms with Gasteiger partial charge in [-0.25, -0.2) is 9.50 Å². The number of piperidine rings is 1. The van der Waals surface area contributed by atoms with Crippen LogP contribution in [0.1, 0.15) is 60.3 Å². The lowest BCUT2D eigenvalue weighted by atomic mass is 9.98. The molecule has 33 heavy (non-hydrogen) atoms. The second kappa shape index (κ2) is 8.50. The quantitative estimate of drug-likeness (QED) is 0.668. The number of amides is 2. The van der Waals surface area contributed by atoms with Gasteiger partial charge in [0.05, 0.1) is 36.0 Å². The first-order valence-corrected chi connectivity index (χ1v) is 11.6. The summed E-state index contributed by atoms with van der Waals surface area (Å²) in [4.78, 5) is 46.6. The number of rotatable bonds is 3. The SMILES string of the molecule is CC(=O)N1CCc2nc3cc([C@H]4CCCCN4C(=O)Cc4cccc(C)c4)[nH]n3c(=O)c2C1. The number of aromatic nitrogens is 3. The Morgan fingerprint density at radius 1 is 1.18 bits per heavy atom. The van der Waals surface area contributed by atoms with Gasteiger partial charge in [0.2, 0.25) is 11.8 Å². The molecule has 4 heterocycles. The number of hydrogen-bond donors (Lipinski definition) is 1. The van der Waals surface area contributed by atoms with Crippen LogP contribution >= 0.6 is 0 Å². The third kappa shape index (κ3) is 4.05. The van der Waals surface area contributed by atoms with Crippen LogP contribution in [0.5, 0.6) is 0 Å². The molecule has 0 radical (unpaired) electrons. The van der Waals surface area contributed by atoms with Crippen molar-refractivity contribution in [3.8, 4) is 0 Å². The number of carbonyl (C=O) groups is 2. The molecule has 2 amide bonds. The van der Waals surface area contributed by atoms with Gasteiger partial charge < -0.3 is 9.80 Å². The molecule has 0 spiro atoms. The lowest BCUT2D eigenvalue weighted by Crippen LogP contribution is -2.40. The van der Waals surface area contributed by atoms with Crippen LogP contribution in [0.25, 0.3) is 5.65 Å². The Bertz CT molecular complexity index is 1290. The number of nitrogens with one attached hydrogen (secondary N) is 1. The second-order valence-corrected chi connectivity index (χ2v) is 9.20. The van der Waals surface area contributed by atoms with E-state index in [1.54, 1.807) is 4.90 Å². The fraction of sp³-hybridized carbons (Fsp3) is 0.440. The van der Waals surface area contributed by atoms with Crippen LogP contribution < -0.4 is 5.56 Å². The second-order valence-electron chi connectivity index (χ2n) is 9.20. The maximum Gasteiger partial charge on any atom is 0.277 e. The molecule has 2 aliphatic heterocycles. The average molecular weight is 448 g/mol. The van der Waals surface area contributed by atoms with E-state index in [9.17, 15) is 14.4 Å². The highest BCUT2D eigenvalue weighted by Gasteiger charge is 2.30. The first kappa shape index (κ1) is 21.4.